The van der Waals surface area contributed by atoms with Gasteiger partial charge in [-0.25, -0.2) is 4.39 Å². The second-order valence-corrected chi connectivity index (χ2v) is 6.46. The minimum Gasteiger partial charge on any atom is -0.465 e. The molecular weight excluding hydrogens is 327 g/mol. The fourth-order valence-electron chi connectivity index (χ4n) is 3.05. The number of esters is 1. The van der Waals surface area contributed by atoms with Crippen molar-refractivity contribution in [1.82, 2.24) is 0 Å². The van der Waals surface area contributed by atoms with Gasteiger partial charge in [0.2, 0.25) is 0 Å². The monoisotopic (exact) mass is 344 g/mol. The summed E-state index contributed by atoms with van der Waals surface area (Å²) in [6, 6.07) is 7.93. The van der Waals surface area contributed by atoms with Crippen LogP contribution in [-0.2, 0) is 14.3 Å². The Morgan fingerprint density at radius 2 is 2.04 bits per heavy atom. The molecule has 0 amide bonds. The standard InChI is InChI=1S/C19H17FO3S/c1-2-23-19(22)18-16(12-3-5-15(20)6-4-12)9-14(10-17(18)21)13-7-8-24-11-13/h3-8,10-11,16,18H,2,9H2,1H3/t16-,18+/m0/s1. The molecule has 3 nitrogen and oxygen atoms in total. The highest BCUT2D eigenvalue weighted by Crippen LogP contribution is 2.40. The first-order valence-electron chi connectivity index (χ1n) is 7.79. The van der Waals surface area contributed by atoms with Crippen molar-refractivity contribution in [2.75, 3.05) is 6.61 Å². The smallest absolute Gasteiger partial charge is 0.317 e. The van der Waals surface area contributed by atoms with Crippen molar-refractivity contribution in [3.05, 3.63) is 64.1 Å². The van der Waals surface area contributed by atoms with Crippen LogP contribution in [0, 0.1) is 11.7 Å². The predicted octanol–water partition coefficient (Wildman–Crippen LogP) is 4.21. The Balaban J connectivity index is 2.00. The molecule has 0 saturated heterocycles. The summed E-state index contributed by atoms with van der Waals surface area (Å²) in [5.41, 5.74) is 2.66. The molecule has 3 rings (SSSR count). The minimum absolute atomic E-state index is 0.222. The molecule has 0 fully saturated rings. The molecule has 124 valence electrons. The lowest BCUT2D eigenvalue weighted by Gasteiger charge is -2.29. The highest BCUT2D eigenvalue weighted by molar-refractivity contribution is 7.08. The van der Waals surface area contributed by atoms with Crippen LogP contribution in [0.25, 0.3) is 5.57 Å². The van der Waals surface area contributed by atoms with E-state index in [-0.39, 0.29) is 24.1 Å². The highest BCUT2D eigenvalue weighted by Gasteiger charge is 2.39. The topological polar surface area (TPSA) is 43.4 Å². The zero-order valence-electron chi connectivity index (χ0n) is 13.2. The molecular formula is C19H17FO3S. The Morgan fingerprint density at radius 3 is 2.67 bits per heavy atom. The Morgan fingerprint density at radius 1 is 1.29 bits per heavy atom. The first-order chi connectivity index (χ1) is 11.6. The van der Waals surface area contributed by atoms with Gasteiger partial charge in [-0.3, -0.25) is 9.59 Å². The Bertz CT molecular complexity index is 762. The van der Waals surface area contributed by atoms with Gasteiger partial charge in [0, 0.05) is 5.92 Å². The summed E-state index contributed by atoms with van der Waals surface area (Å²) < 4.78 is 18.3. The molecule has 2 aromatic rings. The van der Waals surface area contributed by atoms with Crippen LogP contribution in [0.15, 0.2) is 47.2 Å². The first kappa shape index (κ1) is 16.6. The van der Waals surface area contributed by atoms with Crippen LogP contribution < -0.4 is 0 Å². The molecule has 0 saturated carbocycles. The molecule has 1 heterocycles. The number of carbonyl (C=O) groups excluding carboxylic acids is 2. The lowest BCUT2D eigenvalue weighted by molar-refractivity contribution is -0.151. The molecule has 1 aromatic heterocycles. The lowest BCUT2D eigenvalue weighted by atomic mass is 9.74. The summed E-state index contributed by atoms with van der Waals surface area (Å²) in [6.07, 6.45) is 2.08. The van der Waals surface area contributed by atoms with Crippen LogP contribution in [0.4, 0.5) is 4.39 Å². The van der Waals surface area contributed by atoms with Gasteiger partial charge in [0.05, 0.1) is 6.61 Å². The third kappa shape index (κ3) is 3.31. The van der Waals surface area contributed by atoms with E-state index in [4.69, 9.17) is 4.74 Å². The van der Waals surface area contributed by atoms with Crippen molar-refractivity contribution in [3.63, 3.8) is 0 Å². The van der Waals surface area contributed by atoms with Gasteiger partial charge in [-0.05, 0) is 65.1 Å². The number of rotatable bonds is 4. The van der Waals surface area contributed by atoms with Crippen molar-refractivity contribution in [2.24, 2.45) is 5.92 Å². The van der Waals surface area contributed by atoms with Gasteiger partial charge in [-0.1, -0.05) is 12.1 Å². The Kier molecular flexibility index (Phi) is 4.90. The molecule has 0 spiro atoms. The maximum Gasteiger partial charge on any atom is 0.317 e. The van der Waals surface area contributed by atoms with Gasteiger partial charge in [0.25, 0.3) is 0 Å². The number of ether oxygens (including phenoxy) is 1. The summed E-state index contributed by atoms with van der Waals surface area (Å²) in [5.74, 6) is -2.34. The number of allylic oxidation sites excluding steroid dienone is 2. The molecule has 0 radical (unpaired) electrons. The van der Waals surface area contributed by atoms with Crippen LogP contribution in [0.1, 0.15) is 30.4 Å². The number of benzene rings is 1. The predicted molar refractivity (Wildman–Crippen MR) is 91.2 cm³/mol. The third-order valence-electron chi connectivity index (χ3n) is 4.20. The quantitative estimate of drug-likeness (QED) is 0.616. The number of ketones is 1. The average molecular weight is 344 g/mol. The fourth-order valence-corrected chi connectivity index (χ4v) is 3.73. The number of halogens is 1. The number of hydrogen-bond donors (Lipinski definition) is 0. The summed E-state index contributed by atoms with van der Waals surface area (Å²) in [4.78, 5) is 24.9. The second-order valence-electron chi connectivity index (χ2n) is 5.68. The van der Waals surface area contributed by atoms with Crippen molar-refractivity contribution in [1.29, 1.82) is 0 Å². The maximum absolute atomic E-state index is 13.2. The van der Waals surface area contributed by atoms with Crippen molar-refractivity contribution in [3.8, 4) is 0 Å². The zero-order valence-corrected chi connectivity index (χ0v) is 14.0. The molecule has 1 aromatic carbocycles. The van der Waals surface area contributed by atoms with Crippen molar-refractivity contribution in [2.45, 2.75) is 19.3 Å². The Hall–Kier alpha value is -2.27. The van der Waals surface area contributed by atoms with Gasteiger partial charge >= 0.3 is 5.97 Å². The largest absolute Gasteiger partial charge is 0.465 e. The van der Waals surface area contributed by atoms with Gasteiger partial charge in [-0.15, -0.1) is 0 Å². The van der Waals surface area contributed by atoms with E-state index in [1.165, 1.54) is 12.1 Å². The molecule has 5 heteroatoms. The van der Waals surface area contributed by atoms with E-state index in [0.717, 1.165) is 16.7 Å². The van der Waals surface area contributed by atoms with Gasteiger partial charge in [-0.2, -0.15) is 11.3 Å². The summed E-state index contributed by atoms with van der Waals surface area (Å²) in [7, 11) is 0. The minimum atomic E-state index is -0.877. The first-order valence-corrected chi connectivity index (χ1v) is 8.73. The molecule has 2 atom stereocenters. The normalized spacial score (nSPS) is 20.6. The van der Waals surface area contributed by atoms with E-state index in [1.54, 1.807) is 36.5 Å². The highest BCUT2D eigenvalue weighted by atomic mass is 32.1. The van der Waals surface area contributed by atoms with Crippen molar-refractivity contribution < 1.29 is 18.7 Å². The lowest BCUT2D eigenvalue weighted by Crippen LogP contribution is -2.34. The summed E-state index contributed by atoms with van der Waals surface area (Å²) in [6.45, 7) is 1.94. The van der Waals surface area contributed by atoms with Gasteiger partial charge in [0.1, 0.15) is 11.7 Å². The summed E-state index contributed by atoms with van der Waals surface area (Å²) in [5, 5.41) is 3.93. The number of hydrogen-bond acceptors (Lipinski definition) is 4. The van der Waals surface area contributed by atoms with E-state index in [0.29, 0.717) is 6.42 Å². The van der Waals surface area contributed by atoms with Crippen LogP contribution in [0.2, 0.25) is 0 Å². The molecule has 0 N–H and O–H groups in total. The van der Waals surface area contributed by atoms with E-state index >= 15 is 0 Å². The summed E-state index contributed by atoms with van der Waals surface area (Å²) >= 11 is 1.56. The van der Waals surface area contributed by atoms with E-state index in [9.17, 15) is 14.0 Å². The number of carbonyl (C=O) groups is 2. The SMILES string of the molecule is CCOC(=O)[C@H]1C(=O)C=C(c2ccsc2)C[C@H]1c1ccc(F)cc1. The van der Waals surface area contributed by atoms with Gasteiger partial charge < -0.3 is 4.74 Å². The third-order valence-corrected chi connectivity index (χ3v) is 4.88. The van der Waals surface area contributed by atoms with Gasteiger partial charge in [0.15, 0.2) is 5.78 Å². The van der Waals surface area contributed by atoms with Crippen molar-refractivity contribution >= 4 is 28.7 Å². The second kappa shape index (κ2) is 7.09. The zero-order chi connectivity index (χ0) is 17.1. The van der Waals surface area contributed by atoms with Crippen LogP contribution >= 0.6 is 11.3 Å². The van der Waals surface area contributed by atoms with Crippen LogP contribution in [0.5, 0.6) is 0 Å². The molecule has 1 aliphatic rings. The molecule has 0 unspecified atom stereocenters. The van der Waals surface area contributed by atoms with E-state index in [2.05, 4.69) is 0 Å². The Labute approximate surface area is 143 Å². The maximum atomic E-state index is 13.2. The number of thiophene rings is 1. The molecule has 24 heavy (non-hydrogen) atoms. The average Bonchev–Trinajstić information content (AvgIpc) is 3.09. The van der Waals surface area contributed by atoms with E-state index in [1.807, 2.05) is 16.8 Å². The molecule has 0 aliphatic heterocycles. The van der Waals surface area contributed by atoms with E-state index < -0.39 is 11.9 Å². The fraction of sp³-hybridized carbons (Fsp3) is 0.263. The van der Waals surface area contributed by atoms with Crippen LogP contribution in [0.3, 0.4) is 0 Å². The van der Waals surface area contributed by atoms with Crippen LogP contribution in [-0.4, -0.2) is 18.4 Å². The molecule has 0 bridgehead atoms. The molecule has 1 aliphatic carbocycles.